The molecule has 28 heavy (non-hydrogen) atoms. The first kappa shape index (κ1) is 19.4. The van der Waals surface area contributed by atoms with Crippen molar-refractivity contribution >= 4 is 28.3 Å². The molecule has 1 atom stereocenters. The lowest BCUT2D eigenvalue weighted by atomic mass is 10.1. The van der Waals surface area contributed by atoms with Crippen LogP contribution in [0.1, 0.15) is 29.8 Å². The second-order valence-electron chi connectivity index (χ2n) is 6.51. The number of benzene rings is 3. The van der Waals surface area contributed by atoms with Gasteiger partial charge >= 0.3 is 5.97 Å². The molecule has 0 bridgehead atoms. The van der Waals surface area contributed by atoms with E-state index in [1.165, 1.54) is 0 Å². The van der Waals surface area contributed by atoms with Gasteiger partial charge in [0.05, 0.1) is 12.2 Å². The number of rotatable bonds is 6. The molecule has 5 heteroatoms. The van der Waals surface area contributed by atoms with Gasteiger partial charge in [-0.2, -0.15) is 0 Å². The van der Waals surface area contributed by atoms with E-state index >= 15 is 0 Å². The quantitative estimate of drug-likeness (QED) is 0.631. The smallest absolute Gasteiger partial charge is 0.338 e. The second kappa shape index (κ2) is 8.57. The van der Waals surface area contributed by atoms with Crippen molar-refractivity contribution in [3.8, 4) is 5.75 Å². The molecule has 0 saturated heterocycles. The van der Waals surface area contributed by atoms with Gasteiger partial charge in [-0.15, -0.1) is 0 Å². The minimum atomic E-state index is -0.676. The Hall–Kier alpha value is -3.34. The minimum absolute atomic E-state index is 0.264. The summed E-state index contributed by atoms with van der Waals surface area (Å²) in [6, 6.07) is 18.7. The largest absolute Gasteiger partial charge is 0.481 e. The Morgan fingerprint density at radius 1 is 1.00 bits per heavy atom. The van der Waals surface area contributed by atoms with Crippen LogP contribution in [0.15, 0.2) is 60.7 Å². The number of hydrogen-bond donors (Lipinski definition) is 1. The maximum absolute atomic E-state index is 12.5. The number of esters is 1. The van der Waals surface area contributed by atoms with E-state index in [-0.39, 0.29) is 11.9 Å². The second-order valence-corrected chi connectivity index (χ2v) is 6.51. The van der Waals surface area contributed by atoms with Crippen LogP contribution >= 0.6 is 0 Å². The number of anilines is 1. The first-order valence-electron chi connectivity index (χ1n) is 9.22. The van der Waals surface area contributed by atoms with E-state index in [2.05, 4.69) is 5.32 Å². The highest BCUT2D eigenvalue weighted by atomic mass is 16.5. The van der Waals surface area contributed by atoms with Crippen molar-refractivity contribution < 1.29 is 19.1 Å². The van der Waals surface area contributed by atoms with Crippen LogP contribution in [-0.4, -0.2) is 24.6 Å². The van der Waals surface area contributed by atoms with E-state index in [1.807, 2.05) is 49.4 Å². The molecule has 0 heterocycles. The highest BCUT2D eigenvalue weighted by molar-refractivity contribution is 5.96. The number of nitrogens with one attached hydrogen (secondary N) is 1. The number of carbonyl (C=O) groups is 2. The zero-order valence-electron chi connectivity index (χ0n) is 16.2. The van der Waals surface area contributed by atoms with Gasteiger partial charge in [-0.05, 0) is 67.4 Å². The summed E-state index contributed by atoms with van der Waals surface area (Å²) in [5.74, 6) is -0.00708. The highest BCUT2D eigenvalue weighted by Gasteiger charge is 2.17. The lowest BCUT2D eigenvalue weighted by Gasteiger charge is -2.16. The Bertz CT molecular complexity index is 1010. The molecule has 0 saturated carbocycles. The van der Waals surface area contributed by atoms with Gasteiger partial charge < -0.3 is 14.8 Å². The minimum Gasteiger partial charge on any atom is -0.481 e. The first-order valence-corrected chi connectivity index (χ1v) is 9.22. The Balaban J connectivity index is 1.67. The summed E-state index contributed by atoms with van der Waals surface area (Å²) in [6.45, 7) is 5.61. The van der Waals surface area contributed by atoms with Crippen LogP contribution in [0.5, 0.6) is 5.75 Å². The number of hydrogen-bond acceptors (Lipinski definition) is 4. The van der Waals surface area contributed by atoms with E-state index in [1.54, 1.807) is 32.0 Å². The van der Waals surface area contributed by atoms with Crippen LogP contribution in [0, 0.1) is 6.92 Å². The zero-order valence-corrected chi connectivity index (χ0v) is 16.2. The maximum Gasteiger partial charge on any atom is 0.338 e. The fraction of sp³-hybridized carbons (Fsp3) is 0.217. The molecule has 3 aromatic rings. The van der Waals surface area contributed by atoms with Gasteiger partial charge in [0.25, 0.3) is 5.91 Å². The molecule has 0 spiro atoms. The topological polar surface area (TPSA) is 64.6 Å². The Labute approximate surface area is 164 Å². The van der Waals surface area contributed by atoms with Gasteiger partial charge in [-0.25, -0.2) is 4.79 Å². The molecule has 1 N–H and O–H groups in total. The molecule has 3 rings (SSSR count). The summed E-state index contributed by atoms with van der Waals surface area (Å²) < 4.78 is 10.8. The number of ether oxygens (including phenoxy) is 2. The van der Waals surface area contributed by atoms with Gasteiger partial charge in [0, 0.05) is 5.69 Å². The van der Waals surface area contributed by atoms with Crippen LogP contribution in [0.3, 0.4) is 0 Å². The zero-order chi connectivity index (χ0) is 20.1. The van der Waals surface area contributed by atoms with Gasteiger partial charge in [0.2, 0.25) is 0 Å². The average molecular weight is 377 g/mol. The molecule has 1 amide bonds. The molecular formula is C23H23NO4. The van der Waals surface area contributed by atoms with Crippen LogP contribution in [0.25, 0.3) is 10.8 Å². The van der Waals surface area contributed by atoms with Crippen molar-refractivity contribution in [3.05, 3.63) is 71.8 Å². The summed E-state index contributed by atoms with van der Waals surface area (Å²) >= 11 is 0. The number of aryl methyl sites for hydroxylation is 1. The van der Waals surface area contributed by atoms with E-state index in [0.717, 1.165) is 16.3 Å². The van der Waals surface area contributed by atoms with E-state index < -0.39 is 6.10 Å². The van der Waals surface area contributed by atoms with Crippen molar-refractivity contribution in [3.63, 3.8) is 0 Å². The molecule has 5 nitrogen and oxygen atoms in total. The summed E-state index contributed by atoms with van der Waals surface area (Å²) in [5.41, 5.74) is 1.86. The SMILES string of the molecule is CCOC(=O)c1ccc(NC(=O)C(C)Oc2ccc3ccccc3c2)c(C)c1. The lowest BCUT2D eigenvalue weighted by Crippen LogP contribution is -2.30. The number of carbonyl (C=O) groups excluding carboxylic acids is 2. The van der Waals surface area contributed by atoms with Crippen LogP contribution in [-0.2, 0) is 9.53 Å². The van der Waals surface area contributed by atoms with E-state index in [9.17, 15) is 9.59 Å². The average Bonchev–Trinajstić information content (AvgIpc) is 2.69. The standard InChI is InChI=1S/C23H23NO4/c1-4-27-23(26)19-10-12-21(15(2)13-19)24-22(25)16(3)28-20-11-9-17-7-5-6-8-18(17)14-20/h5-14,16H,4H2,1-3H3,(H,24,25). The first-order chi connectivity index (χ1) is 13.5. The summed E-state index contributed by atoms with van der Waals surface area (Å²) in [6.07, 6.45) is -0.676. The molecule has 0 fully saturated rings. The van der Waals surface area contributed by atoms with E-state index in [4.69, 9.17) is 9.47 Å². The Morgan fingerprint density at radius 3 is 2.46 bits per heavy atom. The predicted molar refractivity (Wildman–Crippen MR) is 110 cm³/mol. The Kier molecular flexibility index (Phi) is 5.94. The molecule has 0 aliphatic heterocycles. The molecule has 0 aliphatic carbocycles. The molecule has 0 aromatic heterocycles. The van der Waals surface area contributed by atoms with Crippen molar-refractivity contribution in [2.24, 2.45) is 0 Å². The monoisotopic (exact) mass is 377 g/mol. The molecule has 0 radical (unpaired) electrons. The van der Waals surface area contributed by atoms with Crippen LogP contribution < -0.4 is 10.1 Å². The third-order valence-corrected chi connectivity index (χ3v) is 4.40. The van der Waals surface area contributed by atoms with Crippen LogP contribution in [0.4, 0.5) is 5.69 Å². The predicted octanol–water partition coefficient (Wildman–Crippen LogP) is 4.73. The lowest BCUT2D eigenvalue weighted by molar-refractivity contribution is -0.122. The number of fused-ring (bicyclic) bond motifs is 1. The normalized spacial score (nSPS) is 11.7. The van der Waals surface area contributed by atoms with Crippen molar-refractivity contribution in [2.45, 2.75) is 26.9 Å². The van der Waals surface area contributed by atoms with Crippen molar-refractivity contribution in [1.29, 1.82) is 0 Å². The number of amides is 1. The van der Waals surface area contributed by atoms with Gasteiger partial charge in [-0.1, -0.05) is 30.3 Å². The third-order valence-electron chi connectivity index (χ3n) is 4.40. The summed E-state index contributed by atoms with van der Waals surface area (Å²) in [4.78, 5) is 24.3. The molecule has 1 unspecified atom stereocenters. The van der Waals surface area contributed by atoms with Crippen molar-refractivity contribution in [1.82, 2.24) is 0 Å². The summed E-state index contributed by atoms with van der Waals surface area (Å²) in [5, 5.41) is 5.02. The third kappa shape index (κ3) is 4.49. The van der Waals surface area contributed by atoms with E-state index in [0.29, 0.717) is 23.6 Å². The highest BCUT2D eigenvalue weighted by Crippen LogP contribution is 2.22. The molecule has 144 valence electrons. The fourth-order valence-electron chi connectivity index (χ4n) is 2.88. The van der Waals surface area contributed by atoms with Gasteiger partial charge in [0.1, 0.15) is 5.75 Å². The van der Waals surface area contributed by atoms with Gasteiger partial charge in [0.15, 0.2) is 6.10 Å². The van der Waals surface area contributed by atoms with Crippen LogP contribution in [0.2, 0.25) is 0 Å². The van der Waals surface area contributed by atoms with Crippen molar-refractivity contribution in [2.75, 3.05) is 11.9 Å². The molecule has 0 aliphatic rings. The van der Waals surface area contributed by atoms with Gasteiger partial charge in [-0.3, -0.25) is 4.79 Å². The Morgan fingerprint density at radius 2 is 1.75 bits per heavy atom. The summed E-state index contributed by atoms with van der Waals surface area (Å²) in [7, 11) is 0. The molecular weight excluding hydrogens is 354 g/mol. The molecule has 3 aromatic carbocycles. The fourth-order valence-corrected chi connectivity index (χ4v) is 2.88. The maximum atomic E-state index is 12.5.